The molecule has 0 amide bonds. The Morgan fingerprint density at radius 3 is 2.62 bits per heavy atom. The van der Waals surface area contributed by atoms with E-state index in [2.05, 4.69) is 5.16 Å². The molecule has 0 bridgehead atoms. The second-order valence-electron chi connectivity index (χ2n) is 5.94. The largest absolute Gasteiger partial charge is 0.452 e. The van der Waals surface area contributed by atoms with Crippen LogP contribution in [-0.2, 0) is 15.7 Å². The molecule has 1 fully saturated rings. The summed E-state index contributed by atoms with van der Waals surface area (Å²) in [6, 6.07) is 2.08. The number of halogens is 3. The molecule has 1 saturated carbocycles. The maximum absolute atomic E-state index is 12.9. The summed E-state index contributed by atoms with van der Waals surface area (Å²) in [4.78, 5) is 21.9. The highest BCUT2D eigenvalue weighted by Gasteiger charge is 2.38. The zero-order chi connectivity index (χ0) is 19.1. The maximum atomic E-state index is 12.9. The molecule has 0 spiro atoms. The highest BCUT2D eigenvalue weighted by molar-refractivity contribution is 5.67. The van der Waals surface area contributed by atoms with Gasteiger partial charge in [-0.25, -0.2) is 0 Å². The highest BCUT2D eigenvalue weighted by Crippen LogP contribution is 2.46. The lowest BCUT2D eigenvalue weighted by atomic mass is 9.97. The number of hydrogen-bond donors (Lipinski definition) is 0. The Morgan fingerprint density at radius 2 is 2.08 bits per heavy atom. The van der Waals surface area contributed by atoms with Crippen LogP contribution in [0.4, 0.5) is 18.9 Å². The van der Waals surface area contributed by atoms with Crippen molar-refractivity contribution in [2.75, 3.05) is 0 Å². The van der Waals surface area contributed by atoms with Gasteiger partial charge in [-0.15, -0.1) is 0 Å². The van der Waals surface area contributed by atoms with Gasteiger partial charge in [-0.1, -0.05) is 5.16 Å². The van der Waals surface area contributed by atoms with Crippen molar-refractivity contribution in [1.29, 1.82) is 0 Å². The van der Waals surface area contributed by atoms with E-state index in [1.807, 2.05) is 0 Å². The van der Waals surface area contributed by atoms with Gasteiger partial charge in [0, 0.05) is 18.9 Å². The average molecular weight is 370 g/mol. The number of nitro benzene ring substituents is 1. The number of rotatable bonds is 5. The Bertz CT molecular complexity index is 858. The summed E-state index contributed by atoms with van der Waals surface area (Å²) in [6.45, 7) is 1.10. The molecule has 2 aromatic rings. The second kappa shape index (κ2) is 6.43. The first kappa shape index (κ1) is 17.9. The summed E-state index contributed by atoms with van der Waals surface area (Å²) < 4.78 is 49.0. The van der Waals surface area contributed by atoms with Crippen molar-refractivity contribution >= 4 is 11.7 Å². The lowest BCUT2D eigenvalue weighted by molar-refractivity contribution is -0.386. The summed E-state index contributed by atoms with van der Waals surface area (Å²) in [6.07, 6.45) is -3.11. The van der Waals surface area contributed by atoms with E-state index in [1.165, 1.54) is 6.20 Å². The zero-order valence-electron chi connectivity index (χ0n) is 13.4. The number of benzene rings is 1. The number of aromatic nitrogens is 1. The van der Waals surface area contributed by atoms with E-state index in [0.29, 0.717) is 23.5 Å². The van der Waals surface area contributed by atoms with Crippen LogP contribution >= 0.6 is 0 Å². The van der Waals surface area contributed by atoms with Crippen LogP contribution in [0.25, 0.3) is 0 Å². The predicted octanol–water partition coefficient (Wildman–Crippen LogP) is 4.13. The molecule has 138 valence electrons. The van der Waals surface area contributed by atoms with Gasteiger partial charge in [0.15, 0.2) is 6.10 Å². The van der Waals surface area contributed by atoms with Crippen LogP contribution in [0.3, 0.4) is 0 Å². The number of esters is 1. The molecular formula is C16H13F3N2O5. The van der Waals surface area contributed by atoms with E-state index in [9.17, 15) is 28.1 Å². The standard InChI is InChI=1S/C16H13F3N2O5/c1-8(22)25-15(12-7-20-26-14(12)9-2-3-9)11-5-4-10(16(17,18)19)6-13(11)21(23)24/h4-7,9,15H,2-3H2,1H3. The molecule has 1 aromatic carbocycles. The molecule has 7 nitrogen and oxygen atoms in total. The maximum Gasteiger partial charge on any atom is 0.416 e. The smallest absolute Gasteiger partial charge is 0.416 e. The minimum atomic E-state index is -4.74. The van der Waals surface area contributed by atoms with Crippen LogP contribution < -0.4 is 0 Å². The molecule has 1 aliphatic rings. The topological polar surface area (TPSA) is 95.5 Å². The third-order valence-electron chi connectivity index (χ3n) is 3.98. The number of carbonyl (C=O) groups excluding carboxylic acids is 1. The van der Waals surface area contributed by atoms with E-state index in [4.69, 9.17) is 9.26 Å². The van der Waals surface area contributed by atoms with E-state index < -0.39 is 34.4 Å². The van der Waals surface area contributed by atoms with Crippen LogP contribution in [0.15, 0.2) is 28.9 Å². The Balaban J connectivity index is 2.13. The monoisotopic (exact) mass is 370 g/mol. The normalized spacial score (nSPS) is 15.5. The lowest BCUT2D eigenvalue weighted by Gasteiger charge is -2.18. The second-order valence-corrected chi connectivity index (χ2v) is 5.94. The molecule has 1 heterocycles. The molecule has 3 rings (SSSR count). The van der Waals surface area contributed by atoms with Gasteiger partial charge in [-0.2, -0.15) is 13.2 Å². The lowest BCUT2D eigenvalue weighted by Crippen LogP contribution is -2.14. The fourth-order valence-corrected chi connectivity index (χ4v) is 2.67. The van der Waals surface area contributed by atoms with Crippen LogP contribution in [0.2, 0.25) is 0 Å². The molecule has 1 atom stereocenters. The van der Waals surface area contributed by atoms with E-state index in [1.54, 1.807) is 0 Å². The zero-order valence-corrected chi connectivity index (χ0v) is 13.4. The summed E-state index contributed by atoms with van der Waals surface area (Å²) in [5.74, 6) is -0.267. The SMILES string of the molecule is CC(=O)OC(c1ccc(C(F)(F)F)cc1[N+](=O)[O-])c1cnoc1C1CC1. The van der Waals surface area contributed by atoms with Gasteiger partial charge < -0.3 is 9.26 Å². The molecule has 10 heteroatoms. The average Bonchev–Trinajstić information content (AvgIpc) is 3.28. The quantitative estimate of drug-likeness (QED) is 0.446. The van der Waals surface area contributed by atoms with Gasteiger partial charge in [0.25, 0.3) is 5.69 Å². The number of nitrogens with zero attached hydrogens (tertiary/aromatic N) is 2. The Kier molecular flexibility index (Phi) is 4.43. The van der Waals surface area contributed by atoms with Crippen molar-refractivity contribution < 1.29 is 32.1 Å². The molecule has 1 aliphatic carbocycles. The molecule has 0 N–H and O–H groups in total. The first-order valence-electron chi connectivity index (χ1n) is 7.65. The predicted molar refractivity (Wildman–Crippen MR) is 80.2 cm³/mol. The van der Waals surface area contributed by atoms with Crippen LogP contribution in [0.5, 0.6) is 0 Å². The van der Waals surface area contributed by atoms with Gasteiger partial charge >= 0.3 is 12.1 Å². The van der Waals surface area contributed by atoms with Crippen LogP contribution in [0, 0.1) is 10.1 Å². The number of ether oxygens (including phenoxy) is 1. The highest BCUT2D eigenvalue weighted by atomic mass is 19.4. The molecule has 0 radical (unpaired) electrons. The molecular weight excluding hydrogens is 357 g/mol. The summed E-state index contributed by atoms with van der Waals surface area (Å²) in [5.41, 5.74) is -1.84. The third kappa shape index (κ3) is 3.53. The fourth-order valence-electron chi connectivity index (χ4n) is 2.67. The number of hydrogen-bond acceptors (Lipinski definition) is 6. The summed E-state index contributed by atoms with van der Waals surface area (Å²) in [7, 11) is 0. The van der Waals surface area contributed by atoms with Gasteiger partial charge in [0.05, 0.1) is 27.8 Å². The van der Waals surface area contributed by atoms with Crippen LogP contribution in [0.1, 0.15) is 54.2 Å². The van der Waals surface area contributed by atoms with Crippen molar-refractivity contribution in [2.45, 2.75) is 38.0 Å². The molecule has 26 heavy (non-hydrogen) atoms. The van der Waals surface area contributed by atoms with E-state index in [0.717, 1.165) is 25.8 Å². The molecule has 0 aliphatic heterocycles. The van der Waals surface area contributed by atoms with Crippen molar-refractivity contribution in [1.82, 2.24) is 5.16 Å². The number of nitro groups is 1. The van der Waals surface area contributed by atoms with E-state index >= 15 is 0 Å². The van der Waals surface area contributed by atoms with Gasteiger partial charge in [0.2, 0.25) is 0 Å². The fraction of sp³-hybridized carbons (Fsp3) is 0.375. The molecule has 1 unspecified atom stereocenters. The Labute approximate surface area is 144 Å². The molecule has 1 aromatic heterocycles. The van der Waals surface area contributed by atoms with Crippen molar-refractivity contribution in [3.63, 3.8) is 0 Å². The number of alkyl halides is 3. The Hall–Kier alpha value is -2.91. The summed E-state index contributed by atoms with van der Waals surface area (Å²) >= 11 is 0. The first-order chi connectivity index (χ1) is 12.2. The van der Waals surface area contributed by atoms with E-state index in [-0.39, 0.29) is 11.5 Å². The van der Waals surface area contributed by atoms with Crippen LogP contribution in [-0.4, -0.2) is 16.0 Å². The number of carbonyl (C=O) groups is 1. The van der Waals surface area contributed by atoms with Gasteiger partial charge in [-0.3, -0.25) is 14.9 Å². The first-order valence-corrected chi connectivity index (χ1v) is 7.65. The minimum Gasteiger partial charge on any atom is -0.452 e. The van der Waals surface area contributed by atoms with Crippen molar-refractivity contribution in [3.05, 3.63) is 57.0 Å². The van der Waals surface area contributed by atoms with Crippen molar-refractivity contribution in [3.8, 4) is 0 Å². The minimum absolute atomic E-state index is 0.0547. The Morgan fingerprint density at radius 1 is 1.38 bits per heavy atom. The summed E-state index contributed by atoms with van der Waals surface area (Å²) in [5, 5.41) is 15.0. The molecule has 0 saturated heterocycles. The van der Waals surface area contributed by atoms with Gasteiger partial charge in [-0.05, 0) is 25.0 Å². The van der Waals surface area contributed by atoms with Gasteiger partial charge in [0.1, 0.15) is 5.76 Å². The van der Waals surface area contributed by atoms with Crippen molar-refractivity contribution in [2.24, 2.45) is 0 Å². The third-order valence-corrected chi connectivity index (χ3v) is 3.98.